The number of carboxylic acids is 1. The Balaban J connectivity index is 0.999. The lowest BCUT2D eigenvalue weighted by Gasteiger charge is -2.29. The van der Waals surface area contributed by atoms with E-state index in [2.05, 4.69) is 42.5 Å². The number of anilines is 1. The number of ether oxygens (including phenoxy) is 9. The lowest BCUT2D eigenvalue weighted by atomic mass is 9.92. The summed E-state index contributed by atoms with van der Waals surface area (Å²) in [4.78, 5) is 158. The van der Waals surface area contributed by atoms with Crippen LogP contribution in [-0.2, 0) is 120 Å². The Hall–Kier alpha value is -9.36. The highest BCUT2D eigenvalue weighted by Gasteiger charge is 2.48. The van der Waals surface area contributed by atoms with Gasteiger partial charge in [-0.25, -0.2) is 9.59 Å². The molecule has 3 aromatic carbocycles. The second-order valence-corrected chi connectivity index (χ2v) is 30.2. The molecule has 10 N–H and O–H groups in total. The molecule has 2 aliphatic rings. The van der Waals surface area contributed by atoms with Crippen molar-refractivity contribution in [3.05, 3.63) is 106 Å². The van der Waals surface area contributed by atoms with Gasteiger partial charge >= 0.3 is 24.0 Å². The number of nitrogens with zero attached hydrogens (tertiary/aromatic N) is 1. The van der Waals surface area contributed by atoms with Crippen LogP contribution in [0.25, 0.3) is 0 Å². The number of benzene rings is 3. The zero-order chi connectivity index (χ0) is 82.5. The number of hydrogen-bond donors (Lipinski definition) is 10. The van der Waals surface area contributed by atoms with Crippen molar-refractivity contribution in [3.63, 3.8) is 0 Å². The minimum absolute atomic E-state index is 0.00877. The molecule has 0 bridgehead atoms. The Kier molecular flexibility index (Phi) is 39.9. The molecule has 5 rings (SSSR count). The van der Waals surface area contributed by atoms with Crippen molar-refractivity contribution in [2.45, 2.75) is 162 Å². The number of carbonyl (C=O) groups is 12. The van der Waals surface area contributed by atoms with Crippen molar-refractivity contribution in [2.24, 2.45) is 23.2 Å². The summed E-state index contributed by atoms with van der Waals surface area (Å²) in [6.07, 6.45) is -1.80. The molecule has 3 aromatic rings. The number of aliphatic carboxylic acids is 1. The van der Waals surface area contributed by atoms with Crippen LogP contribution in [0.1, 0.15) is 129 Å². The van der Waals surface area contributed by atoms with Gasteiger partial charge in [0.25, 0.3) is 10.1 Å². The van der Waals surface area contributed by atoms with E-state index in [1.807, 2.05) is 45.0 Å². The van der Waals surface area contributed by atoms with Crippen molar-refractivity contribution < 1.29 is 118 Å². The first-order chi connectivity index (χ1) is 53.1. The molecule has 9 amide bonds. The van der Waals surface area contributed by atoms with Crippen LogP contribution in [0.3, 0.4) is 0 Å². The monoisotopic (exact) mass is 1610 g/mol. The largest absolute Gasteiger partial charge is 0.495 e. The van der Waals surface area contributed by atoms with Crippen molar-refractivity contribution >= 4 is 98.7 Å². The fraction of sp³-hybridized carbons (Fsp3) is 0.579. The van der Waals surface area contributed by atoms with E-state index in [1.54, 1.807) is 76.2 Å². The first-order valence-corrected chi connectivity index (χ1v) is 39.0. The predicted octanol–water partition coefficient (Wildman–Crippen LogP) is 4.18. The summed E-state index contributed by atoms with van der Waals surface area (Å²) in [7, 11) is -2.68. The molecule has 34 nitrogen and oxygen atoms in total. The molecule has 8 atom stereocenters. The molecule has 1 saturated heterocycles. The van der Waals surface area contributed by atoms with Gasteiger partial charge in [0, 0.05) is 89.4 Å². The fourth-order valence-electron chi connectivity index (χ4n) is 11.0. The summed E-state index contributed by atoms with van der Waals surface area (Å²) in [6.45, 7) is 14.6. The standard InChI is InChI=1S/C76H108ClN9O25S/c1-47(2)41-60-73(97)109-58(11-10-12-63(89)84-57(43-53-17-22-59(103-9)56(77)42-53)71(95)81-46-76(7,8)74(98)110-60)49(5)68-69(111-68)54-18-13-51(14-19-54)44-80-75(99)108-45-52-15-20-55(21-16-52)83-70(94)50(6)82-72(96)67(48(3)4)85-64(90)25-30-86(31-26-66(92)93)65(91)24-23-61(87)78-28-33-105-35-37-107-39-38-106-36-34-104-32-27-62(88)79-29-40-112(100,101)102/h10,12-22,42,47-50,57-58,60,67-69H,11,23-41,43-46H2,1-9H3,(H,78,87)(H,79,88)(H,80,99)(H,81,95)(H,82,96)(H,83,94)(H,84,89)(H,85,90)(H,92,93)(H,100,101,102)/b12-10-/t49-,50-,57+,58-,60-,67-,68+,69+/m0/s1. The molecule has 0 aromatic heterocycles. The summed E-state index contributed by atoms with van der Waals surface area (Å²) in [5, 5.41) is 30.9. The number of epoxide rings is 1. The van der Waals surface area contributed by atoms with Gasteiger partial charge in [0.2, 0.25) is 47.3 Å². The summed E-state index contributed by atoms with van der Waals surface area (Å²) in [5.41, 5.74) is 1.85. The molecule has 0 radical (unpaired) electrons. The minimum Gasteiger partial charge on any atom is -0.495 e. The molecule has 36 heteroatoms. The highest BCUT2D eigenvalue weighted by Crippen LogP contribution is 2.45. The molecule has 1 fully saturated rings. The van der Waals surface area contributed by atoms with Crippen LogP contribution in [0.15, 0.2) is 78.9 Å². The van der Waals surface area contributed by atoms with Crippen LogP contribution < -0.4 is 47.3 Å². The third-order valence-electron chi connectivity index (χ3n) is 17.6. The molecule has 2 aliphatic heterocycles. The van der Waals surface area contributed by atoms with Crippen molar-refractivity contribution in [1.29, 1.82) is 0 Å². The van der Waals surface area contributed by atoms with Gasteiger partial charge in [0.05, 0.1) is 88.7 Å². The summed E-state index contributed by atoms with van der Waals surface area (Å²) in [6, 6.07) is 15.5. The Morgan fingerprint density at radius 2 is 1.32 bits per heavy atom. The van der Waals surface area contributed by atoms with E-state index in [0.717, 1.165) is 16.0 Å². The first kappa shape index (κ1) is 93.2. The van der Waals surface area contributed by atoms with E-state index in [-0.39, 0.29) is 150 Å². The van der Waals surface area contributed by atoms with E-state index >= 15 is 0 Å². The number of halogens is 1. The maximum atomic E-state index is 14.0. The Bertz CT molecular complexity index is 3770. The number of amides is 9. The lowest BCUT2D eigenvalue weighted by Crippen LogP contribution is -2.54. The van der Waals surface area contributed by atoms with Gasteiger partial charge in [-0.2, -0.15) is 8.42 Å². The van der Waals surface area contributed by atoms with Crippen LogP contribution >= 0.6 is 11.6 Å². The zero-order valence-electron chi connectivity index (χ0n) is 64.8. The lowest BCUT2D eigenvalue weighted by molar-refractivity contribution is -0.179. The number of carboxylic acid groups (broad SMARTS) is 1. The zero-order valence-corrected chi connectivity index (χ0v) is 66.3. The van der Waals surface area contributed by atoms with Crippen LogP contribution in [0.5, 0.6) is 5.75 Å². The Labute approximate surface area is 657 Å². The maximum absolute atomic E-state index is 14.0. The summed E-state index contributed by atoms with van der Waals surface area (Å²) in [5.74, 6) is -8.30. The van der Waals surface area contributed by atoms with Crippen LogP contribution in [0.4, 0.5) is 10.5 Å². The number of hydrogen-bond acceptors (Lipinski definition) is 23. The third kappa shape index (κ3) is 35.6. The minimum atomic E-state index is -4.16. The molecule has 0 spiro atoms. The van der Waals surface area contributed by atoms with Crippen LogP contribution in [0, 0.1) is 23.2 Å². The quantitative estimate of drug-likeness (QED) is 0.0125. The van der Waals surface area contributed by atoms with Gasteiger partial charge in [-0.3, -0.25) is 52.5 Å². The van der Waals surface area contributed by atoms with Crippen LogP contribution in [-0.4, -0.2) is 229 Å². The van der Waals surface area contributed by atoms with Gasteiger partial charge in [0.15, 0.2) is 6.10 Å². The molecule has 2 heterocycles. The number of carbonyl (C=O) groups excluding carboxylic acids is 11. The number of nitrogens with one attached hydrogen (secondary N) is 8. The molecule has 0 aliphatic carbocycles. The second-order valence-electron chi connectivity index (χ2n) is 28.2. The number of alkyl carbamates (subject to hydrolysis) is 1. The van der Waals surface area contributed by atoms with E-state index < -0.39 is 153 Å². The van der Waals surface area contributed by atoms with Gasteiger partial charge in [-0.15, -0.1) is 0 Å². The number of cyclic esters (lactones) is 2. The first-order valence-electron chi connectivity index (χ1n) is 37.0. The SMILES string of the molecule is COc1ccc(C[C@H]2NC(=O)/C=C\C[C@@H]([C@H](C)[C@H]3O[C@@H]3c3ccc(CNC(=O)OCc4ccc(NC(=O)[C@H](C)NC(=O)[C@@H](NC(=O)CCN(CCC(=O)O)C(=O)CCC(=O)NCCOCCOCCOCCOCCC(=O)NCCS(=O)(=O)O)C(C)C)cc4)cc3)OC(=O)[C@H](CC(C)C)OC(=O)C(C)(C)CNC2=O)cc1Cl. The molecular formula is C76H108ClN9O25S. The molecule has 620 valence electrons. The number of methoxy groups -OCH3 is 1. The maximum Gasteiger partial charge on any atom is 0.407 e. The molecule has 0 saturated carbocycles. The third-order valence-corrected chi connectivity index (χ3v) is 18.6. The normalized spacial score (nSPS) is 18.4. The number of esters is 2. The van der Waals surface area contributed by atoms with Crippen LogP contribution in [0.2, 0.25) is 5.02 Å². The van der Waals surface area contributed by atoms with Crippen molar-refractivity contribution in [1.82, 2.24) is 42.1 Å². The van der Waals surface area contributed by atoms with Gasteiger partial charge in [0.1, 0.15) is 42.7 Å². The van der Waals surface area contributed by atoms with E-state index in [9.17, 15) is 71.1 Å². The highest BCUT2D eigenvalue weighted by atomic mass is 35.5. The van der Waals surface area contributed by atoms with Gasteiger partial charge in [-0.05, 0) is 91.6 Å². The number of rotatable bonds is 45. The highest BCUT2D eigenvalue weighted by molar-refractivity contribution is 7.85. The Morgan fingerprint density at radius 3 is 1.95 bits per heavy atom. The predicted molar refractivity (Wildman–Crippen MR) is 406 cm³/mol. The van der Waals surface area contributed by atoms with Crippen molar-refractivity contribution in [3.8, 4) is 5.75 Å². The van der Waals surface area contributed by atoms with Crippen molar-refractivity contribution in [2.75, 3.05) is 104 Å². The van der Waals surface area contributed by atoms with E-state index in [0.29, 0.717) is 27.6 Å². The molecule has 0 unspecified atom stereocenters. The van der Waals surface area contributed by atoms with Gasteiger partial charge < -0.3 is 95.2 Å². The summed E-state index contributed by atoms with van der Waals surface area (Å²) >= 11 is 6.39. The van der Waals surface area contributed by atoms with Gasteiger partial charge in [-0.1, -0.05) is 94.8 Å². The second kappa shape index (κ2) is 47.9. The van der Waals surface area contributed by atoms with E-state index in [1.165, 1.54) is 20.1 Å². The fourth-order valence-corrected chi connectivity index (χ4v) is 11.6. The topological polar surface area (TPSA) is 465 Å². The molecular weight excluding hydrogens is 1510 g/mol. The average molecular weight is 1620 g/mol. The summed E-state index contributed by atoms with van der Waals surface area (Å²) < 4.78 is 80.5. The molecule has 112 heavy (non-hydrogen) atoms. The smallest absolute Gasteiger partial charge is 0.407 e. The van der Waals surface area contributed by atoms with E-state index in [4.69, 9.17) is 58.8 Å². The average Bonchev–Trinajstić information content (AvgIpc) is 1.64. The Morgan fingerprint density at radius 1 is 0.705 bits per heavy atom.